The lowest BCUT2D eigenvalue weighted by Crippen LogP contribution is -2.20. The normalized spacial score (nSPS) is 10.8. The first-order chi connectivity index (χ1) is 15.7. The van der Waals surface area contributed by atoms with Gasteiger partial charge in [0.2, 0.25) is 5.91 Å². The predicted octanol–water partition coefficient (Wildman–Crippen LogP) is 4.14. The Morgan fingerprint density at radius 2 is 1.56 bits per heavy atom. The summed E-state index contributed by atoms with van der Waals surface area (Å²) in [5.74, 6) is 0.0236. The van der Waals surface area contributed by atoms with Crippen LogP contribution in [0.1, 0.15) is 16.7 Å². The van der Waals surface area contributed by atoms with Crippen molar-refractivity contribution in [3.05, 3.63) is 112 Å². The van der Waals surface area contributed by atoms with Crippen molar-refractivity contribution in [1.29, 1.82) is 0 Å². The number of benzene rings is 3. The van der Waals surface area contributed by atoms with Gasteiger partial charge in [-0.2, -0.15) is 0 Å². The minimum atomic E-state index is -0.267. The van der Waals surface area contributed by atoms with Gasteiger partial charge in [0.05, 0.1) is 5.75 Å². The minimum absolute atomic E-state index is 0.138. The van der Waals surface area contributed by atoms with Gasteiger partial charge in [-0.3, -0.25) is 9.36 Å². The third-order valence-corrected chi connectivity index (χ3v) is 6.03. The van der Waals surface area contributed by atoms with Crippen LogP contribution >= 0.6 is 11.8 Å². The number of carbonyl (C=O) groups excluding carboxylic acids is 1. The first-order valence-corrected chi connectivity index (χ1v) is 11.4. The fraction of sp³-hybridized carbons (Fsp3) is 0.160. The lowest BCUT2D eigenvalue weighted by Gasteiger charge is -2.11. The number of para-hydroxylation sites is 1. The second kappa shape index (κ2) is 10.6. The molecule has 1 aromatic heterocycles. The monoisotopic (exact) mass is 444 g/mol. The van der Waals surface area contributed by atoms with E-state index in [-0.39, 0.29) is 17.3 Å². The molecule has 7 heteroatoms. The molecule has 0 aliphatic heterocycles. The molecule has 4 aromatic rings. The zero-order valence-corrected chi connectivity index (χ0v) is 18.3. The van der Waals surface area contributed by atoms with E-state index in [1.807, 2.05) is 72.8 Å². The zero-order chi connectivity index (χ0) is 22.2. The molecule has 0 spiro atoms. The molecule has 6 nitrogen and oxygen atoms in total. The number of hydrogen-bond donors (Lipinski definition) is 2. The first kappa shape index (κ1) is 21.6. The van der Waals surface area contributed by atoms with Gasteiger partial charge in [0.25, 0.3) is 0 Å². The van der Waals surface area contributed by atoms with Crippen LogP contribution in [0.2, 0.25) is 0 Å². The Labute approximate surface area is 190 Å². The van der Waals surface area contributed by atoms with Gasteiger partial charge in [-0.25, -0.2) is 9.89 Å². The van der Waals surface area contributed by atoms with Gasteiger partial charge < -0.3 is 5.32 Å². The first-order valence-electron chi connectivity index (χ1n) is 10.4. The van der Waals surface area contributed by atoms with Crippen LogP contribution in [-0.2, 0) is 24.2 Å². The summed E-state index contributed by atoms with van der Waals surface area (Å²) in [4.78, 5) is 24.8. The molecule has 0 atom stereocenters. The Bertz CT molecular complexity index is 1220. The summed E-state index contributed by atoms with van der Waals surface area (Å²) in [5, 5.41) is 10.1. The molecule has 4 rings (SSSR count). The van der Waals surface area contributed by atoms with E-state index in [0.29, 0.717) is 18.1 Å². The molecule has 3 aromatic carbocycles. The molecular weight excluding hydrogens is 420 g/mol. The zero-order valence-electron chi connectivity index (χ0n) is 17.5. The van der Waals surface area contributed by atoms with Crippen LogP contribution in [-0.4, -0.2) is 26.4 Å². The van der Waals surface area contributed by atoms with E-state index in [1.165, 1.54) is 17.3 Å². The van der Waals surface area contributed by atoms with E-state index in [2.05, 4.69) is 27.6 Å². The van der Waals surface area contributed by atoms with Gasteiger partial charge >= 0.3 is 5.69 Å². The molecule has 32 heavy (non-hydrogen) atoms. The quantitative estimate of drug-likeness (QED) is 0.380. The van der Waals surface area contributed by atoms with Crippen LogP contribution in [0.15, 0.2) is 94.9 Å². The summed E-state index contributed by atoms with van der Waals surface area (Å²) in [5.41, 5.74) is 3.91. The number of amides is 1. The summed E-state index contributed by atoms with van der Waals surface area (Å²) in [6, 6.07) is 27.9. The fourth-order valence-corrected chi connectivity index (χ4v) is 4.20. The third kappa shape index (κ3) is 5.76. The van der Waals surface area contributed by atoms with Gasteiger partial charge in [-0.15, -0.1) is 5.10 Å². The number of nitrogens with zero attached hydrogens (tertiary/aromatic N) is 2. The van der Waals surface area contributed by atoms with Crippen molar-refractivity contribution < 1.29 is 4.79 Å². The SMILES string of the molecule is O=C(CSc1n[nH]c(=O)n1CCc1ccccc1)Nc1ccccc1Cc1ccccc1. The maximum atomic E-state index is 12.6. The average molecular weight is 445 g/mol. The van der Waals surface area contributed by atoms with Gasteiger partial charge in [0, 0.05) is 12.2 Å². The van der Waals surface area contributed by atoms with Crippen molar-refractivity contribution in [3.63, 3.8) is 0 Å². The van der Waals surface area contributed by atoms with Crippen LogP contribution in [0.5, 0.6) is 0 Å². The van der Waals surface area contributed by atoms with Gasteiger partial charge in [0.15, 0.2) is 5.16 Å². The number of H-pyrrole nitrogens is 1. The van der Waals surface area contributed by atoms with Crippen molar-refractivity contribution in [1.82, 2.24) is 14.8 Å². The second-order valence-corrected chi connectivity index (χ2v) is 8.30. The van der Waals surface area contributed by atoms with Gasteiger partial charge in [-0.1, -0.05) is 90.6 Å². The Morgan fingerprint density at radius 3 is 2.31 bits per heavy atom. The van der Waals surface area contributed by atoms with Gasteiger partial charge in [-0.05, 0) is 35.6 Å². The van der Waals surface area contributed by atoms with E-state index in [1.54, 1.807) is 4.57 Å². The molecule has 1 heterocycles. The number of thioether (sulfide) groups is 1. The highest BCUT2D eigenvalue weighted by Gasteiger charge is 2.13. The maximum Gasteiger partial charge on any atom is 0.343 e. The number of hydrogen-bond acceptors (Lipinski definition) is 4. The van der Waals surface area contributed by atoms with Crippen LogP contribution in [0.3, 0.4) is 0 Å². The van der Waals surface area contributed by atoms with Crippen LogP contribution in [0.25, 0.3) is 0 Å². The highest BCUT2D eigenvalue weighted by Crippen LogP contribution is 2.20. The lowest BCUT2D eigenvalue weighted by atomic mass is 10.0. The van der Waals surface area contributed by atoms with E-state index in [4.69, 9.17) is 0 Å². The molecule has 0 saturated carbocycles. The highest BCUT2D eigenvalue weighted by molar-refractivity contribution is 7.99. The lowest BCUT2D eigenvalue weighted by molar-refractivity contribution is -0.113. The van der Waals surface area contributed by atoms with E-state index < -0.39 is 0 Å². The molecule has 0 unspecified atom stereocenters. The molecule has 0 aliphatic rings. The number of anilines is 1. The number of carbonyl (C=O) groups is 1. The Kier molecular flexibility index (Phi) is 7.19. The summed E-state index contributed by atoms with van der Waals surface area (Å²) in [7, 11) is 0. The van der Waals surface area contributed by atoms with Crippen LogP contribution in [0, 0.1) is 0 Å². The predicted molar refractivity (Wildman–Crippen MR) is 128 cm³/mol. The fourth-order valence-electron chi connectivity index (χ4n) is 3.42. The summed E-state index contributed by atoms with van der Waals surface area (Å²) >= 11 is 1.25. The Balaban J connectivity index is 1.37. The minimum Gasteiger partial charge on any atom is -0.325 e. The van der Waals surface area contributed by atoms with Crippen molar-refractivity contribution in [3.8, 4) is 0 Å². The van der Waals surface area contributed by atoms with Crippen molar-refractivity contribution in [2.45, 2.75) is 24.5 Å². The second-order valence-electron chi connectivity index (χ2n) is 7.35. The summed E-state index contributed by atoms with van der Waals surface area (Å²) < 4.78 is 1.58. The van der Waals surface area contributed by atoms with Crippen molar-refractivity contribution in [2.24, 2.45) is 0 Å². The van der Waals surface area contributed by atoms with E-state index >= 15 is 0 Å². The maximum absolute atomic E-state index is 12.6. The molecule has 0 fully saturated rings. The number of aromatic nitrogens is 3. The molecule has 0 aliphatic carbocycles. The molecule has 0 bridgehead atoms. The smallest absolute Gasteiger partial charge is 0.325 e. The Hall–Kier alpha value is -3.58. The molecule has 1 amide bonds. The Morgan fingerprint density at radius 1 is 0.906 bits per heavy atom. The summed E-state index contributed by atoms with van der Waals surface area (Å²) in [6.45, 7) is 0.503. The standard InChI is InChI=1S/C25H24N4O2S/c30-23(26-22-14-8-7-13-21(22)17-20-11-5-2-6-12-20)18-32-25-28-27-24(31)29(25)16-15-19-9-3-1-4-10-19/h1-14H,15-18H2,(H,26,30)(H,27,31). The molecule has 162 valence electrons. The molecule has 0 radical (unpaired) electrons. The number of aryl methyl sites for hydroxylation is 1. The van der Waals surface area contributed by atoms with Crippen molar-refractivity contribution in [2.75, 3.05) is 11.1 Å². The molecular formula is C25H24N4O2S. The third-order valence-electron chi connectivity index (χ3n) is 5.05. The van der Waals surface area contributed by atoms with E-state index in [9.17, 15) is 9.59 Å². The largest absolute Gasteiger partial charge is 0.343 e. The van der Waals surface area contributed by atoms with Crippen molar-refractivity contribution >= 4 is 23.4 Å². The number of nitrogens with one attached hydrogen (secondary N) is 2. The highest BCUT2D eigenvalue weighted by atomic mass is 32.2. The molecule has 0 saturated heterocycles. The van der Waals surface area contributed by atoms with Crippen LogP contribution < -0.4 is 11.0 Å². The number of rotatable bonds is 9. The molecule has 2 N–H and O–H groups in total. The van der Waals surface area contributed by atoms with E-state index in [0.717, 1.165) is 23.2 Å². The number of aromatic amines is 1. The average Bonchev–Trinajstić information content (AvgIpc) is 3.18. The topological polar surface area (TPSA) is 79.8 Å². The summed E-state index contributed by atoms with van der Waals surface area (Å²) in [6.07, 6.45) is 1.45. The van der Waals surface area contributed by atoms with Gasteiger partial charge in [0.1, 0.15) is 0 Å². The van der Waals surface area contributed by atoms with Crippen LogP contribution in [0.4, 0.5) is 5.69 Å².